The first-order valence-electron chi connectivity index (χ1n) is 4.93. The number of ether oxygens (including phenoxy) is 2. The van der Waals surface area contributed by atoms with E-state index in [9.17, 15) is 8.42 Å². The molecular weight excluding hydrogens is 264 g/mol. The molecule has 0 N–H and O–H groups in total. The molecule has 0 atom stereocenters. The zero-order valence-corrected chi connectivity index (χ0v) is 11.8. The van der Waals surface area contributed by atoms with Crippen molar-refractivity contribution < 1.29 is 17.9 Å². The van der Waals surface area contributed by atoms with E-state index in [0.717, 1.165) is 11.1 Å². The van der Waals surface area contributed by atoms with Crippen LogP contribution in [-0.2, 0) is 14.8 Å². The van der Waals surface area contributed by atoms with Crippen molar-refractivity contribution >= 4 is 19.7 Å². The maximum atomic E-state index is 11.1. The second kappa shape index (κ2) is 5.14. The van der Waals surface area contributed by atoms with Crippen molar-refractivity contribution in [1.82, 2.24) is 0 Å². The van der Waals surface area contributed by atoms with E-state index in [-0.39, 0.29) is 5.75 Å². The molecule has 0 amide bonds. The summed E-state index contributed by atoms with van der Waals surface area (Å²) in [4.78, 5) is 0. The van der Waals surface area contributed by atoms with Crippen molar-refractivity contribution in [2.75, 3.05) is 14.2 Å². The molecule has 1 aromatic rings. The first kappa shape index (κ1) is 14.1. The summed E-state index contributed by atoms with van der Waals surface area (Å²) in [6, 6.07) is 1.64. The zero-order valence-electron chi connectivity index (χ0n) is 10.2. The van der Waals surface area contributed by atoms with Gasteiger partial charge in [-0.05, 0) is 36.6 Å². The zero-order chi connectivity index (χ0) is 13.2. The summed E-state index contributed by atoms with van der Waals surface area (Å²) in [6.45, 7) is 3.68. The van der Waals surface area contributed by atoms with Crippen LogP contribution in [0.2, 0.25) is 0 Å². The van der Waals surface area contributed by atoms with Crippen molar-refractivity contribution in [2.24, 2.45) is 0 Å². The van der Waals surface area contributed by atoms with Gasteiger partial charge in [0.25, 0.3) is 0 Å². The van der Waals surface area contributed by atoms with E-state index in [1.165, 1.54) is 7.11 Å². The quantitative estimate of drug-likeness (QED) is 0.794. The van der Waals surface area contributed by atoms with Crippen LogP contribution < -0.4 is 9.47 Å². The molecule has 0 aliphatic rings. The minimum Gasteiger partial charge on any atom is -0.493 e. The van der Waals surface area contributed by atoms with Crippen LogP contribution >= 0.6 is 10.7 Å². The number of methoxy groups -OCH3 is 2. The van der Waals surface area contributed by atoms with Crippen LogP contribution in [-0.4, -0.2) is 22.6 Å². The van der Waals surface area contributed by atoms with Crippen LogP contribution in [0.5, 0.6) is 11.5 Å². The van der Waals surface area contributed by atoms with Gasteiger partial charge in [0.2, 0.25) is 9.05 Å². The van der Waals surface area contributed by atoms with Gasteiger partial charge in [-0.3, -0.25) is 0 Å². The molecule has 0 saturated carbocycles. The van der Waals surface area contributed by atoms with Crippen LogP contribution in [0.4, 0.5) is 0 Å². The maximum absolute atomic E-state index is 11.1. The highest BCUT2D eigenvalue weighted by Gasteiger charge is 2.17. The van der Waals surface area contributed by atoms with Crippen molar-refractivity contribution in [3.8, 4) is 11.5 Å². The van der Waals surface area contributed by atoms with Crippen LogP contribution in [0.1, 0.15) is 16.7 Å². The SMILES string of the molecule is COc1cc(CS(=O)(=O)Cl)c(C)c(C)c1OC. The van der Waals surface area contributed by atoms with Gasteiger partial charge in [-0.2, -0.15) is 0 Å². The molecule has 0 spiro atoms. The maximum Gasteiger partial charge on any atom is 0.236 e. The highest BCUT2D eigenvalue weighted by molar-refractivity contribution is 8.13. The summed E-state index contributed by atoms with van der Waals surface area (Å²) >= 11 is 0. The van der Waals surface area contributed by atoms with Crippen LogP contribution in [0.3, 0.4) is 0 Å². The van der Waals surface area contributed by atoms with Crippen molar-refractivity contribution in [1.29, 1.82) is 0 Å². The van der Waals surface area contributed by atoms with Crippen molar-refractivity contribution in [3.63, 3.8) is 0 Å². The van der Waals surface area contributed by atoms with Crippen LogP contribution in [0.15, 0.2) is 6.07 Å². The summed E-state index contributed by atoms with van der Waals surface area (Å²) in [5, 5.41) is 0. The number of halogens is 1. The summed E-state index contributed by atoms with van der Waals surface area (Å²) in [6.07, 6.45) is 0. The van der Waals surface area contributed by atoms with E-state index < -0.39 is 9.05 Å². The van der Waals surface area contributed by atoms with Gasteiger partial charge in [0, 0.05) is 10.7 Å². The fourth-order valence-electron chi connectivity index (χ4n) is 1.67. The fraction of sp³-hybridized carbons (Fsp3) is 0.455. The largest absolute Gasteiger partial charge is 0.493 e. The predicted octanol–water partition coefficient (Wildman–Crippen LogP) is 2.39. The molecule has 4 nitrogen and oxygen atoms in total. The lowest BCUT2D eigenvalue weighted by Crippen LogP contribution is -2.03. The van der Waals surface area contributed by atoms with E-state index >= 15 is 0 Å². The van der Waals surface area contributed by atoms with E-state index in [2.05, 4.69) is 0 Å². The van der Waals surface area contributed by atoms with Crippen molar-refractivity contribution in [3.05, 3.63) is 22.8 Å². The lowest BCUT2D eigenvalue weighted by Gasteiger charge is -2.15. The summed E-state index contributed by atoms with van der Waals surface area (Å²) in [7, 11) is 4.73. The number of hydrogen-bond acceptors (Lipinski definition) is 4. The normalized spacial score (nSPS) is 11.4. The van der Waals surface area contributed by atoms with Gasteiger partial charge in [-0.1, -0.05) is 0 Å². The predicted molar refractivity (Wildman–Crippen MR) is 67.5 cm³/mol. The first-order chi connectivity index (χ1) is 7.80. The molecule has 0 aliphatic heterocycles. The molecule has 0 radical (unpaired) electrons. The summed E-state index contributed by atoms with van der Waals surface area (Å²) in [5.74, 6) is 0.897. The van der Waals surface area contributed by atoms with Crippen LogP contribution in [0.25, 0.3) is 0 Å². The van der Waals surface area contributed by atoms with Gasteiger partial charge in [-0.15, -0.1) is 0 Å². The number of hydrogen-bond donors (Lipinski definition) is 0. The lowest BCUT2D eigenvalue weighted by atomic mass is 10.0. The van der Waals surface area contributed by atoms with Crippen molar-refractivity contribution in [2.45, 2.75) is 19.6 Å². The Morgan fingerprint density at radius 1 is 1.18 bits per heavy atom. The Labute approximate surface area is 106 Å². The van der Waals surface area contributed by atoms with Gasteiger partial charge in [0.1, 0.15) is 0 Å². The standard InChI is InChI=1S/C11H15ClO4S/c1-7-8(2)11(16-4)10(15-3)5-9(7)6-17(12,13)14/h5H,6H2,1-4H3. The molecule has 0 aromatic heterocycles. The van der Waals surface area contributed by atoms with Gasteiger partial charge < -0.3 is 9.47 Å². The average Bonchev–Trinajstić information content (AvgIpc) is 2.22. The third-order valence-corrected chi connectivity index (χ3v) is 3.65. The third-order valence-electron chi connectivity index (χ3n) is 2.67. The third kappa shape index (κ3) is 3.26. The smallest absolute Gasteiger partial charge is 0.236 e. The molecule has 1 aromatic carbocycles. The first-order valence-corrected chi connectivity index (χ1v) is 7.41. The Hall–Kier alpha value is -0.940. The molecule has 6 heteroatoms. The molecule has 0 unspecified atom stereocenters. The second-order valence-corrected chi connectivity index (χ2v) is 6.48. The van der Waals surface area contributed by atoms with E-state index in [4.69, 9.17) is 20.2 Å². The Bertz CT molecular complexity index is 523. The number of rotatable bonds is 4. The number of benzene rings is 1. The Morgan fingerprint density at radius 2 is 1.76 bits per heavy atom. The highest BCUT2D eigenvalue weighted by Crippen LogP contribution is 2.35. The van der Waals surface area contributed by atoms with Gasteiger partial charge in [-0.25, -0.2) is 8.42 Å². The van der Waals surface area contributed by atoms with Gasteiger partial charge >= 0.3 is 0 Å². The molecule has 1 rings (SSSR count). The second-order valence-electron chi connectivity index (χ2n) is 3.70. The molecule has 0 aliphatic carbocycles. The summed E-state index contributed by atoms with van der Waals surface area (Å²) < 4.78 is 32.6. The minimum atomic E-state index is -3.59. The molecular formula is C11H15ClO4S. The van der Waals surface area contributed by atoms with E-state index in [1.807, 2.05) is 13.8 Å². The Balaban J connectivity index is 3.39. The van der Waals surface area contributed by atoms with Gasteiger partial charge in [0.05, 0.1) is 20.0 Å². The average molecular weight is 279 g/mol. The minimum absolute atomic E-state index is 0.221. The fourth-order valence-corrected chi connectivity index (χ4v) is 2.69. The molecule has 17 heavy (non-hydrogen) atoms. The van der Waals surface area contributed by atoms with Gasteiger partial charge in [0.15, 0.2) is 11.5 Å². The monoisotopic (exact) mass is 278 g/mol. The highest BCUT2D eigenvalue weighted by atomic mass is 35.7. The molecule has 0 heterocycles. The lowest BCUT2D eigenvalue weighted by molar-refractivity contribution is 0.352. The van der Waals surface area contributed by atoms with E-state index in [1.54, 1.807) is 13.2 Å². The molecule has 0 fully saturated rings. The molecule has 96 valence electrons. The Morgan fingerprint density at radius 3 is 2.18 bits per heavy atom. The Kier molecular flexibility index (Phi) is 4.27. The topological polar surface area (TPSA) is 52.6 Å². The molecule has 0 bridgehead atoms. The molecule has 0 saturated heterocycles. The van der Waals surface area contributed by atoms with Crippen LogP contribution in [0, 0.1) is 13.8 Å². The van der Waals surface area contributed by atoms with E-state index in [0.29, 0.717) is 17.1 Å². The summed E-state index contributed by atoms with van der Waals surface area (Å²) in [5.41, 5.74) is 2.31.